The van der Waals surface area contributed by atoms with Gasteiger partial charge in [0.15, 0.2) is 0 Å². The van der Waals surface area contributed by atoms with Crippen LogP contribution in [0, 0.1) is 6.92 Å². The molecular formula is C24H24ClN3O5S2. The number of halogens is 1. The highest BCUT2D eigenvalue weighted by atomic mass is 35.5. The van der Waals surface area contributed by atoms with Gasteiger partial charge in [0.25, 0.3) is 15.9 Å². The summed E-state index contributed by atoms with van der Waals surface area (Å²) in [7, 11) is -7.70. The predicted octanol–water partition coefficient (Wildman–Crippen LogP) is 3.60. The van der Waals surface area contributed by atoms with E-state index in [-0.39, 0.29) is 46.6 Å². The van der Waals surface area contributed by atoms with Crippen LogP contribution in [0.4, 0.5) is 5.69 Å². The van der Waals surface area contributed by atoms with Crippen LogP contribution < -0.4 is 4.72 Å². The topological polar surface area (TPSA) is 104 Å². The Labute approximate surface area is 210 Å². The van der Waals surface area contributed by atoms with Crippen molar-refractivity contribution in [3.63, 3.8) is 0 Å². The number of para-hydroxylation sites is 1. The van der Waals surface area contributed by atoms with Crippen LogP contribution in [0.25, 0.3) is 0 Å². The van der Waals surface area contributed by atoms with Crippen molar-refractivity contribution < 1.29 is 21.6 Å². The minimum absolute atomic E-state index is 0.0148. The molecule has 1 N–H and O–H groups in total. The number of amides is 1. The number of hydrogen-bond donors (Lipinski definition) is 1. The van der Waals surface area contributed by atoms with Crippen LogP contribution in [0.3, 0.4) is 0 Å². The number of nitrogens with one attached hydrogen (secondary N) is 1. The Hall–Kier alpha value is -2.92. The number of carbonyl (C=O) groups excluding carboxylic acids is 1. The van der Waals surface area contributed by atoms with Gasteiger partial charge in [0, 0.05) is 37.4 Å². The molecule has 0 saturated carbocycles. The minimum Gasteiger partial charge on any atom is -0.336 e. The summed E-state index contributed by atoms with van der Waals surface area (Å²) in [5, 5.41) is -0.0148. The van der Waals surface area contributed by atoms with E-state index in [0.717, 1.165) is 5.56 Å². The van der Waals surface area contributed by atoms with Crippen LogP contribution in [0.1, 0.15) is 15.9 Å². The lowest BCUT2D eigenvalue weighted by Gasteiger charge is -2.34. The number of anilines is 1. The second kappa shape index (κ2) is 9.98. The smallest absolute Gasteiger partial charge is 0.263 e. The first-order valence-electron chi connectivity index (χ1n) is 10.8. The fourth-order valence-corrected chi connectivity index (χ4v) is 6.74. The number of hydrogen-bond acceptors (Lipinski definition) is 5. The summed E-state index contributed by atoms with van der Waals surface area (Å²) in [6.45, 7) is 2.51. The molecule has 0 unspecified atom stereocenters. The van der Waals surface area contributed by atoms with E-state index in [4.69, 9.17) is 11.6 Å². The fourth-order valence-electron chi connectivity index (χ4n) is 3.73. The highest BCUT2D eigenvalue weighted by molar-refractivity contribution is 7.92. The Balaban J connectivity index is 1.48. The van der Waals surface area contributed by atoms with Crippen molar-refractivity contribution in [2.45, 2.75) is 16.7 Å². The van der Waals surface area contributed by atoms with E-state index in [0.29, 0.717) is 5.69 Å². The normalized spacial score (nSPS) is 15.1. The van der Waals surface area contributed by atoms with Gasteiger partial charge in [0.05, 0.1) is 9.92 Å². The molecule has 0 spiro atoms. The van der Waals surface area contributed by atoms with Gasteiger partial charge in [0.1, 0.15) is 4.90 Å². The first kappa shape index (κ1) is 25.2. The zero-order valence-electron chi connectivity index (χ0n) is 18.9. The van der Waals surface area contributed by atoms with E-state index >= 15 is 0 Å². The lowest BCUT2D eigenvalue weighted by Crippen LogP contribution is -2.50. The molecule has 1 heterocycles. The van der Waals surface area contributed by atoms with Crippen LogP contribution in [0.5, 0.6) is 0 Å². The first-order valence-corrected chi connectivity index (χ1v) is 14.1. The molecule has 3 aromatic rings. The minimum atomic E-state index is -4.03. The third-order valence-electron chi connectivity index (χ3n) is 5.68. The molecule has 1 fully saturated rings. The number of rotatable bonds is 6. The molecule has 1 saturated heterocycles. The van der Waals surface area contributed by atoms with Crippen LogP contribution in [0.2, 0.25) is 5.02 Å². The maximum Gasteiger partial charge on any atom is 0.263 e. The summed E-state index contributed by atoms with van der Waals surface area (Å²) in [5.74, 6) is -0.398. The van der Waals surface area contributed by atoms with E-state index in [1.54, 1.807) is 54.6 Å². The molecular weight excluding hydrogens is 510 g/mol. The van der Waals surface area contributed by atoms with Gasteiger partial charge in [-0.2, -0.15) is 4.31 Å². The van der Waals surface area contributed by atoms with Gasteiger partial charge in [-0.05, 0) is 49.4 Å². The van der Waals surface area contributed by atoms with Crippen LogP contribution in [-0.4, -0.2) is 58.1 Å². The summed E-state index contributed by atoms with van der Waals surface area (Å²) in [6, 6.07) is 19.0. The van der Waals surface area contributed by atoms with Crippen molar-refractivity contribution in [1.29, 1.82) is 0 Å². The molecule has 0 radical (unpaired) electrons. The highest BCUT2D eigenvalue weighted by Crippen LogP contribution is 2.26. The zero-order valence-corrected chi connectivity index (χ0v) is 21.3. The number of nitrogens with zero attached hydrogens (tertiary/aromatic N) is 2. The monoisotopic (exact) mass is 533 g/mol. The summed E-state index contributed by atoms with van der Waals surface area (Å²) >= 11 is 6.16. The Morgan fingerprint density at radius 2 is 1.49 bits per heavy atom. The third-order valence-corrected chi connectivity index (χ3v) is 9.45. The second-order valence-corrected chi connectivity index (χ2v) is 12.1. The van der Waals surface area contributed by atoms with Crippen molar-refractivity contribution in [2.24, 2.45) is 0 Å². The Morgan fingerprint density at radius 1 is 0.857 bits per heavy atom. The van der Waals surface area contributed by atoms with E-state index in [1.807, 2.05) is 6.92 Å². The van der Waals surface area contributed by atoms with Crippen molar-refractivity contribution in [1.82, 2.24) is 9.21 Å². The zero-order chi connectivity index (χ0) is 25.2. The molecule has 184 valence electrons. The molecule has 1 amide bonds. The lowest BCUT2D eigenvalue weighted by atomic mass is 10.2. The van der Waals surface area contributed by atoms with Crippen molar-refractivity contribution >= 4 is 43.2 Å². The average molecular weight is 534 g/mol. The van der Waals surface area contributed by atoms with E-state index in [1.165, 1.54) is 27.4 Å². The predicted molar refractivity (Wildman–Crippen MR) is 135 cm³/mol. The molecule has 8 nitrogen and oxygen atoms in total. The molecule has 35 heavy (non-hydrogen) atoms. The van der Waals surface area contributed by atoms with Crippen molar-refractivity contribution in [3.8, 4) is 0 Å². The highest BCUT2D eigenvalue weighted by Gasteiger charge is 2.31. The SMILES string of the molecule is Cc1ccc(S(=O)(=O)N2CCN(C(=O)c3ccc(Cl)c(S(=O)(=O)Nc4ccccc4)c3)CC2)cc1. The Morgan fingerprint density at radius 3 is 2.11 bits per heavy atom. The number of benzene rings is 3. The first-order chi connectivity index (χ1) is 16.6. The molecule has 3 aromatic carbocycles. The summed E-state index contributed by atoms with van der Waals surface area (Å²) in [5.41, 5.74) is 1.48. The number of piperazine rings is 1. The third kappa shape index (κ3) is 5.51. The lowest BCUT2D eigenvalue weighted by molar-refractivity contribution is 0.0697. The van der Waals surface area contributed by atoms with Crippen LogP contribution in [-0.2, 0) is 20.0 Å². The molecule has 4 rings (SSSR count). The average Bonchev–Trinajstić information content (AvgIpc) is 2.84. The summed E-state index contributed by atoms with van der Waals surface area (Å²) in [6.07, 6.45) is 0. The molecule has 11 heteroatoms. The van der Waals surface area contributed by atoms with Gasteiger partial charge in [0.2, 0.25) is 10.0 Å². The summed E-state index contributed by atoms with van der Waals surface area (Å²) in [4.78, 5) is 14.6. The molecule has 0 bridgehead atoms. The molecule has 1 aliphatic heterocycles. The number of carbonyl (C=O) groups is 1. The molecule has 0 atom stereocenters. The van der Waals surface area contributed by atoms with Crippen molar-refractivity contribution in [2.75, 3.05) is 30.9 Å². The standard InChI is InChI=1S/C24H24ClN3O5S2/c1-18-7-10-21(11-8-18)35(32,33)28-15-13-27(14-16-28)24(29)19-9-12-22(25)23(17-19)34(30,31)26-20-5-3-2-4-6-20/h2-12,17,26H,13-16H2,1H3. The maximum atomic E-state index is 13.1. The molecule has 1 aliphatic rings. The van der Waals surface area contributed by atoms with Crippen LogP contribution in [0.15, 0.2) is 82.6 Å². The van der Waals surface area contributed by atoms with E-state index in [2.05, 4.69) is 4.72 Å². The largest absolute Gasteiger partial charge is 0.336 e. The van der Waals surface area contributed by atoms with Crippen LogP contribution >= 0.6 is 11.6 Å². The van der Waals surface area contributed by atoms with Crippen molar-refractivity contribution in [3.05, 3.63) is 88.9 Å². The summed E-state index contributed by atoms with van der Waals surface area (Å²) < 4.78 is 55.4. The fraction of sp³-hybridized carbons (Fsp3) is 0.208. The van der Waals surface area contributed by atoms with Gasteiger partial charge < -0.3 is 4.90 Å². The second-order valence-electron chi connectivity index (χ2n) is 8.13. The van der Waals surface area contributed by atoms with Gasteiger partial charge in [-0.25, -0.2) is 16.8 Å². The molecule has 0 aliphatic carbocycles. The van der Waals surface area contributed by atoms with E-state index < -0.39 is 26.0 Å². The number of sulfonamides is 2. The Kier molecular flexibility index (Phi) is 7.18. The van der Waals surface area contributed by atoms with Gasteiger partial charge in [-0.1, -0.05) is 47.5 Å². The quantitative estimate of drug-likeness (QED) is 0.521. The number of aryl methyl sites for hydroxylation is 1. The van der Waals surface area contributed by atoms with Gasteiger partial charge in [-0.15, -0.1) is 0 Å². The van der Waals surface area contributed by atoms with E-state index in [9.17, 15) is 21.6 Å². The molecule has 0 aromatic heterocycles. The van der Waals surface area contributed by atoms with Gasteiger partial charge in [-0.3, -0.25) is 9.52 Å². The van der Waals surface area contributed by atoms with Gasteiger partial charge >= 0.3 is 0 Å². The maximum absolute atomic E-state index is 13.1. The Bertz CT molecular complexity index is 1440.